The Kier molecular flexibility index (Phi) is 3.72. The normalized spacial score (nSPS) is 22.9. The second-order valence-corrected chi connectivity index (χ2v) is 4.15. The molecular weight excluding hydrogens is 168 g/mol. The smallest absolute Gasteiger partial charge is 0.332 e. The molecule has 1 saturated carbocycles. The lowest BCUT2D eigenvalue weighted by Gasteiger charge is -2.18. The number of hydrogen-bond acceptors (Lipinski definition) is 2. The molecule has 0 spiro atoms. The van der Waals surface area contributed by atoms with Gasteiger partial charge in [0.25, 0.3) is 0 Å². The lowest BCUT2D eigenvalue weighted by Crippen LogP contribution is -2.28. The van der Waals surface area contributed by atoms with Crippen molar-refractivity contribution in [3.63, 3.8) is 0 Å². The van der Waals surface area contributed by atoms with E-state index in [9.17, 15) is 9.90 Å². The van der Waals surface area contributed by atoms with E-state index in [0.29, 0.717) is 5.92 Å². The largest absolute Gasteiger partial charge is 0.479 e. The van der Waals surface area contributed by atoms with Crippen LogP contribution in [0.25, 0.3) is 0 Å². The molecule has 3 heteroatoms. The molecule has 0 amide bonds. The third kappa shape index (κ3) is 2.99. The van der Waals surface area contributed by atoms with Gasteiger partial charge in [0, 0.05) is 0 Å². The maximum Gasteiger partial charge on any atom is 0.332 e. The number of carboxylic acid groups (broad SMARTS) is 1. The van der Waals surface area contributed by atoms with Crippen LogP contribution in [0.2, 0.25) is 0 Å². The molecule has 13 heavy (non-hydrogen) atoms. The van der Waals surface area contributed by atoms with E-state index >= 15 is 0 Å². The molecule has 0 aromatic heterocycles. The zero-order chi connectivity index (χ0) is 9.84. The van der Waals surface area contributed by atoms with Crippen LogP contribution in [0.5, 0.6) is 0 Å². The van der Waals surface area contributed by atoms with Gasteiger partial charge in [-0.05, 0) is 18.3 Å². The van der Waals surface area contributed by atoms with Crippen molar-refractivity contribution in [2.45, 2.75) is 45.1 Å². The summed E-state index contributed by atoms with van der Waals surface area (Å²) in [5, 5.41) is 17.8. The van der Waals surface area contributed by atoms with E-state index in [1.807, 2.05) is 6.92 Å². The van der Waals surface area contributed by atoms with Crippen molar-refractivity contribution < 1.29 is 15.0 Å². The number of rotatable bonds is 4. The molecule has 1 aliphatic carbocycles. The monoisotopic (exact) mass is 186 g/mol. The van der Waals surface area contributed by atoms with Gasteiger partial charge in [0.2, 0.25) is 0 Å². The maximum absolute atomic E-state index is 10.5. The average Bonchev–Trinajstić information content (AvgIpc) is 2.55. The molecule has 2 unspecified atom stereocenters. The molecule has 1 aliphatic rings. The SMILES string of the molecule is CC(CC1CCCC1)C(O)C(=O)O. The second-order valence-electron chi connectivity index (χ2n) is 4.15. The van der Waals surface area contributed by atoms with E-state index in [1.54, 1.807) is 0 Å². The van der Waals surface area contributed by atoms with Crippen LogP contribution >= 0.6 is 0 Å². The van der Waals surface area contributed by atoms with Crippen LogP contribution in [0, 0.1) is 11.8 Å². The summed E-state index contributed by atoms with van der Waals surface area (Å²) in [7, 11) is 0. The van der Waals surface area contributed by atoms with E-state index in [2.05, 4.69) is 0 Å². The van der Waals surface area contributed by atoms with Crippen LogP contribution in [0.1, 0.15) is 39.0 Å². The number of hydrogen-bond donors (Lipinski definition) is 2. The molecule has 76 valence electrons. The number of carboxylic acids is 1. The summed E-state index contributed by atoms with van der Waals surface area (Å²) in [5.74, 6) is -0.560. The van der Waals surface area contributed by atoms with Crippen molar-refractivity contribution in [3.8, 4) is 0 Å². The van der Waals surface area contributed by atoms with Gasteiger partial charge in [0.05, 0.1) is 0 Å². The minimum Gasteiger partial charge on any atom is -0.479 e. The lowest BCUT2D eigenvalue weighted by atomic mass is 9.91. The molecule has 0 heterocycles. The Hall–Kier alpha value is -0.570. The van der Waals surface area contributed by atoms with Crippen LogP contribution in [0.15, 0.2) is 0 Å². The standard InChI is InChI=1S/C10H18O3/c1-7(9(11)10(12)13)6-8-4-2-3-5-8/h7-9,11H,2-6H2,1H3,(H,12,13). The summed E-state index contributed by atoms with van der Waals surface area (Å²) in [6.45, 7) is 1.82. The highest BCUT2D eigenvalue weighted by atomic mass is 16.4. The quantitative estimate of drug-likeness (QED) is 0.701. The summed E-state index contributed by atoms with van der Waals surface area (Å²) in [5.41, 5.74) is 0. The van der Waals surface area contributed by atoms with Gasteiger partial charge >= 0.3 is 5.97 Å². The topological polar surface area (TPSA) is 57.5 Å². The van der Waals surface area contributed by atoms with Gasteiger partial charge in [0.1, 0.15) is 0 Å². The Morgan fingerprint density at radius 3 is 2.46 bits per heavy atom. The fourth-order valence-electron chi connectivity index (χ4n) is 2.14. The molecule has 0 saturated heterocycles. The van der Waals surface area contributed by atoms with E-state index in [4.69, 9.17) is 5.11 Å². The molecule has 2 atom stereocenters. The summed E-state index contributed by atoms with van der Waals surface area (Å²) < 4.78 is 0. The number of aliphatic carboxylic acids is 1. The first kappa shape index (κ1) is 10.5. The summed E-state index contributed by atoms with van der Waals surface area (Å²) in [6.07, 6.45) is 4.61. The summed E-state index contributed by atoms with van der Waals surface area (Å²) in [4.78, 5) is 10.5. The molecule has 0 bridgehead atoms. The highest BCUT2D eigenvalue weighted by molar-refractivity contribution is 5.72. The van der Waals surface area contributed by atoms with E-state index in [0.717, 1.165) is 6.42 Å². The zero-order valence-electron chi connectivity index (χ0n) is 8.07. The number of aliphatic hydroxyl groups excluding tert-OH is 1. The van der Waals surface area contributed by atoms with Crippen molar-refractivity contribution in [1.29, 1.82) is 0 Å². The Labute approximate surface area is 78.8 Å². The van der Waals surface area contributed by atoms with Gasteiger partial charge in [-0.3, -0.25) is 0 Å². The first-order valence-corrected chi connectivity index (χ1v) is 5.02. The summed E-state index contributed by atoms with van der Waals surface area (Å²) >= 11 is 0. The van der Waals surface area contributed by atoms with Crippen LogP contribution in [0.3, 0.4) is 0 Å². The molecule has 2 N–H and O–H groups in total. The number of aliphatic hydroxyl groups is 1. The van der Waals surface area contributed by atoms with Crippen LogP contribution in [-0.4, -0.2) is 22.3 Å². The Balaban J connectivity index is 2.30. The highest BCUT2D eigenvalue weighted by Crippen LogP contribution is 2.31. The van der Waals surface area contributed by atoms with Gasteiger partial charge in [0.15, 0.2) is 6.10 Å². The third-order valence-electron chi connectivity index (χ3n) is 2.97. The minimum absolute atomic E-state index is 0.111. The van der Waals surface area contributed by atoms with Crippen LogP contribution in [0.4, 0.5) is 0 Å². The van der Waals surface area contributed by atoms with Gasteiger partial charge in [-0.2, -0.15) is 0 Å². The molecule has 0 radical (unpaired) electrons. The molecule has 1 fully saturated rings. The molecular formula is C10H18O3. The van der Waals surface area contributed by atoms with E-state index < -0.39 is 12.1 Å². The molecule has 0 aromatic rings. The highest BCUT2D eigenvalue weighted by Gasteiger charge is 2.25. The second kappa shape index (κ2) is 4.61. The van der Waals surface area contributed by atoms with Gasteiger partial charge in [-0.15, -0.1) is 0 Å². The first-order valence-electron chi connectivity index (χ1n) is 5.02. The fraction of sp³-hybridized carbons (Fsp3) is 0.900. The Morgan fingerprint density at radius 1 is 1.46 bits per heavy atom. The fourth-order valence-corrected chi connectivity index (χ4v) is 2.14. The molecule has 0 aliphatic heterocycles. The summed E-state index contributed by atoms with van der Waals surface area (Å²) in [6, 6.07) is 0. The predicted octanol–water partition coefficient (Wildman–Crippen LogP) is 1.65. The third-order valence-corrected chi connectivity index (χ3v) is 2.97. The lowest BCUT2D eigenvalue weighted by molar-refractivity contribution is -0.149. The van der Waals surface area contributed by atoms with Crippen molar-refractivity contribution >= 4 is 5.97 Å². The van der Waals surface area contributed by atoms with Gasteiger partial charge in [-0.1, -0.05) is 32.6 Å². The Bertz CT molecular complexity index is 173. The van der Waals surface area contributed by atoms with Gasteiger partial charge < -0.3 is 10.2 Å². The molecule has 0 aromatic carbocycles. The maximum atomic E-state index is 10.5. The molecule has 3 nitrogen and oxygen atoms in total. The minimum atomic E-state index is -1.18. The Morgan fingerprint density at radius 2 is 2.00 bits per heavy atom. The van der Waals surface area contributed by atoms with E-state index in [1.165, 1.54) is 25.7 Å². The predicted molar refractivity (Wildman–Crippen MR) is 49.4 cm³/mol. The van der Waals surface area contributed by atoms with Crippen molar-refractivity contribution in [2.75, 3.05) is 0 Å². The average molecular weight is 186 g/mol. The van der Waals surface area contributed by atoms with Crippen molar-refractivity contribution in [1.82, 2.24) is 0 Å². The first-order chi connectivity index (χ1) is 6.11. The molecule has 1 rings (SSSR count). The van der Waals surface area contributed by atoms with E-state index in [-0.39, 0.29) is 5.92 Å². The van der Waals surface area contributed by atoms with Crippen LogP contribution in [-0.2, 0) is 4.79 Å². The zero-order valence-corrected chi connectivity index (χ0v) is 8.07. The van der Waals surface area contributed by atoms with Crippen LogP contribution < -0.4 is 0 Å². The number of carbonyl (C=O) groups is 1. The van der Waals surface area contributed by atoms with Crippen molar-refractivity contribution in [3.05, 3.63) is 0 Å². The van der Waals surface area contributed by atoms with Gasteiger partial charge in [-0.25, -0.2) is 4.79 Å². The van der Waals surface area contributed by atoms with Crippen molar-refractivity contribution in [2.24, 2.45) is 11.8 Å².